The summed E-state index contributed by atoms with van der Waals surface area (Å²) >= 11 is 0. The number of pyridine rings is 1. The first-order valence-corrected chi connectivity index (χ1v) is 9.07. The molecule has 1 atom stereocenters. The van der Waals surface area contributed by atoms with E-state index >= 15 is 0 Å². The van der Waals surface area contributed by atoms with Crippen molar-refractivity contribution in [1.82, 2.24) is 24.4 Å². The van der Waals surface area contributed by atoms with Crippen LogP contribution < -0.4 is 5.76 Å². The number of hydrogen-bond donors (Lipinski definition) is 1. The van der Waals surface area contributed by atoms with E-state index in [1.54, 1.807) is 10.9 Å². The number of rotatable bonds is 4. The fraction of sp³-hybridized carbons (Fsp3) is 0.250. The zero-order valence-electron chi connectivity index (χ0n) is 14.7. The molecule has 0 bridgehead atoms. The lowest BCUT2D eigenvalue weighted by Gasteiger charge is -2.34. The first kappa shape index (κ1) is 16.0. The van der Waals surface area contributed by atoms with Crippen molar-refractivity contribution in [2.45, 2.75) is 19.0 Å². The van der Waals surface area contributed by atoms with E-state index in [0.29, 0.717) is 18.7 Å². The fourth-order valence-corrected chi connectivity index (χ4v) is 3.88. The molecule has 1 aromatic carbocycles. The van der Waals surface area contributed by atoms with Crippen LogP contribution in [0.25, 0.3) is 11.1 Å². The lowest BCUT2D eigenvalue weighted by molar-refractivity contribution is 0.197. The Balaban J connectivity index is 1.47. The molecule has 136 valence electrons. The number of nitrogens with one attached hydrogen (secondary N) is 1. The van der Waals surface area contributed by atoms with E-state index < -0.39 is 0 Å². The largest absolute Gasteiger partial charge is 0.419 e. The molecule has 5 rings (SSSR count). The third-order valence-corrected chi connectivity index (χ3v) is 5.18. The van der Waals surface area contributed by atoms with E-state index in [1.807, 2.05) is 48.7 Å². The van der Waals surface area contributed by atoms with Crippen LogP contribution >= 0.6 is 0 Å². The van der Waals surface area contributed by atoms with Crippen molar-refractivity contribution in [2.24, 2.45) is 0 Å². The van der Waals surface area contributed by atoms with Gasteiger partial charge in [0.1, 0.15) is 0 Å². The molecule has 0 amide bonds. The first-order chi connectivity index (χ1) is 13.3. The molecule has 3 aromatic heterocycles. The van der Waals surface area contributed by atoms with Crippen LogP contribution in [0, 0.1) is 0 Å². The summed E-state index contributed by atoms with van der Waals surface area (Å²) in [6.07, 6.45) is 4.46. The highest BCUT2D eigenvalue weighted by molar-refractivity contribution is 5.72. The predicted molar refractivity (Wildman–Crippen MR) is 100 cm³/mol. The predicted octanol–water partition coefficient (Wildman–Crippen LogP) is 2.36. The number of oxazole rings is 1. The van der Waals surface area contributed by atoms with Gasteiger partial charge in [-0.25, -0.2) is 9.78 Å². The maximum atomic E-state index is 12.3. The van der Waals surface area contributed by atoms with E-state index in [2.05, 4.69) is 19.9 Å². The molecule has 7 heteroatoms. The third kappa shape index (κ3) is 2.76. The second-order valence-corrected chi connectivity index (χ2v) is 6.70. The molecule has 1 aliphatic heterocycles. The molecule has 1 N–H and O–H groups in total. The molecule has 1 unspecified atom stereocenters. The lowest BCUT2D eigenvalue weighted by atomic mass is 9.99. The van der Waals surface area contributed by atoms with Crippen LogP contribution in [0.4, 0.5) is 0 Å². The highest BCUT2D eigenvalue weighted by Crippen LogP contribution is 2.32. The molecule has 7 nitrogen and oxygen atoms in total. The van der Waals surface area contributed by atoms with Crippen molar-refractivity contribution in [3.05, 3.63) is 82.6 Å². The molecule has 1 aliphatic rings. The molecule has 0 saturated carbocycles. The second kappa shape index (κ2) is 6.51. The summed E-state index contributed by atoms with van der Waals surface area (Å²) in [4.78, 5) is 27.0. The molecule has 4 aromatic rings. The normalized spacial score (nSPS) is 17.3. The van der Waals surface area contributed by atoms with Crippen molar-refractivity contribution >= 4 is 11.1 Å². The summed E-state index contributed by atoms with van der Waals surface area (Å²) in [6, 6.07) is 13.4. The summed E-state index contributed by atoms with van der Waals surface area (Å²) in [5.74, 6) is -0.317. The highest BCUT2D eigenvalue weighted by atomic mass is 16.4. The van der Waals surface area contributed by atoms with Crippen molar-refractivity contribution in [2.75, 3.05) is 13.1 Å². The van der Waals surface area contributed by atoms with Gasteiger partial charge in [0.15, 0.2) is 5.58 Å². The summed E-state index contributed by atoms with van der Waals surface area (Å²) < 4.78 is 7.05. The number of imidazole rings is 1. The first-order valence-electron chi connectivity index (χ1n) is 9.07. The second-order valence-electron chi connectivity index (χ2n) is 6.70. The average molecular weight is 361 g/mol. The maximum Gasteiger partial charge on any atom is 0.419 e. The van der Waals surface area contributed by atoms with Gasteiger partial charge in [0.05, 0.1) is 29.3 Å². The number of para-hydroxylation sites is 2. The molecule has 27 heavy (non-hydrogen) atoms. The smallest absolute Gasteiger partial charge is 0.408 e. The van der Waals surface area contributed by atoms with Gasteiger partial charge in [0.2, 0.25) is 0 Å². The zero-order chi connectivity index (χ0) is 18.2. The number of aromatic amines is 1. The quantitative estimate of drug-likeness (QED) is 0.604. The van der Waals surface area contributed by atoms with Crippen LogP contribution in [0.1, 0.15) is 23.1 Å². The number of hydrogen-bond acceptors (Lipinski definition) is 5. The number of aromatic nitrogens is 4. The van der Waals surface area contributed by atoms with Gasteiger partial charge in [0.25, 0.3) is 0 Å². The number of H-pyrrole nitrogens is 1. The van der Waals surface area contributed by atoms with E-state index in [0.717, 1.165) is 35.6 Å². The molecular formula is C20H19N5O2. The summed E-state index contributed by atoms with van der Waals surface area (Å²) in [5.41, 5.74) is 4.60. The molecule has 0 spiro atoms. The Kier molecular flexibility index (Phi) is 3.86. The van der Waals surface area contributed by atoms with Crippen LogP contribution in [-0.2, 0) is 13.0 Å². The zero-order valence-corrected chi connectivity index (χ0v) is 14.7. The number of nitrogens with zero attached hydrogens (tertiary/aromatic N) is 4. The van der Waals surface area contributed by atoms with Crippen molar-refractivity contribution < 1.29 is 4.42 Å². The minimum absolute atomic E-state index is 0.0185. The van der Waals surface area contributed by atoms with Crippen LogP contribution in [0.3, 0.4) is 0 Å². The summed E-state index contributed by atoms with van der Waals surface area (Å²) in [6.45, 7) is 2.14. The SMILES string of the molecule is O=c1oc2ccccc2n1CCN1CCc2[nH]cnc2C1c1ccccn1. The Morgan fingerprint density at radius 1 is 1.11 bits per heavy atom. The monoisotopic (exact) mass is 361 g/mol. The van der Waals surface area contributed by atoms with Crippen molar-refractivity contribution in [1.29, 1.82) is 0 Å². The van der Waals surface area contributed by atoms with Crippen molar-refractivity contribution in [3.8, 4) is 0 Å². The minimum atomic E-state index is -0.317. The molecule has 0 aliphatic carbocycles. The van der Waals surface area contributed by atoms with E-state index in [4.69, 9.17) is 4.42 Å². The average Bonchev–Trinajstić information content (AvgIpc) is 3.30. The molecular weight excluding hydrogens is 342 g/mol. The topological polar surface area (TPSA) is 80.0 Å². The Bertz CT molecular complexity index is 1130. The fourth-order valence-electron chi connectivity index (χ4n) is 3.88. The van der Waals surface area contributed by atoms with E-state index in [9.17, 15) is 4.79 Å². The standard InChI is InChI=1S/C20H19N5O2/c26-20-25(16-6-1-2-7-17(16)27-20)12-11-24-10-8-14-18(23-13-22-14)19(24)15-5-3-4-9-21-15/h1-7,9,13,19H,8,10-12H2,(H,22,23). The van der Waals surface area contributed by atoms with Crippen LogP contribution in [0.2, 0.25) is 0 Å². The Morgan fingerprint density at radius 3 is 2.89 bits per heavy atom. The van der Waals surface area contributed by atoms with Gasteiger partial charge in [-0.1, -0.05) is 18.2 Å². The third-order valence-electron chi connectivity index (χ3n) is 5.18. The van der Waals surface area contributed by atoms with Crippen LogP contribution in [0.15, 0.2) is 64.2 Å². The van der Waals surface area contributed by atoms with Gasteiger partial charge >= 0.3 is 5.76 Å². The van der Waals surface area contributed by atoms with E-state index in [1.165, 1.54) is 0 Å². The Labute approximate surface area is 155 Å². The van der Waals surface area contributed by atoms with Gasteiger partial charge < -0.3 is 9.40 Å². The summed E-state index contributed by atoms with van der Waals surface area (Å²) in [7, 11) is 0. The van der Waals surface area contributed by atoms with Crippen molar-refractivity contribution in [3.63, 3.8) is 0 Å². The number of fused-ring (bicyclic) bond motifs is 2. The Morgan fingerprint density at radius 2 is 2.00 bits per heavy atom. The minimum Gasteiger partial charge on any atom is -0.408 e. The Hall–Kier alpha value is -3.19. The molecule has 0 saturated heterocycles. The highest BCUT2D eigenvalue weighted by Gasteiger charge is 2.31. The van der Waals surface area contributed by atoms with E-state index in [-0.39, 0.29) is 11.8 Å². The van der Waals surface area contributed by atoms with Gasteiger partial charge in [-0.05, 0) is 24.3 Å². The van der Waals surface area contributed by atoms with Crippen LogP contribution in [-0.4, -0.2) is 37.5 Å². The number of benzene rings is 1. The van der Waals surface area contributed by atoms with Crippen LogP contribution in [0.5, 0.6) is 0 Å². The molecule has 0 radical (unpaired) electrons. The van der Waals surface area contributed by atoms with Gasteiger partial charge in [-0.2, -0.15) is 0 Å². The molecule has 4 heterocycles. The summed E-state index contributed by atoms with van der Waals surface area (Å²) in [5, 5.41) is 0. The van der Waals surface area contributed by atoms with Gasteiger partial charge in [0, 0.05) is 37.9 Å². The lowest BCUT2D eigenvalue weighted by Crippen LogP contribution is -2.39. The van der Waals surface area contributed by atoms with Gasteiger partial charge in [-0.15, -0.1) is 0 Å². The maximum absolute atomic E-state index is 12.3. The molecule has 0 fully saturated rings. The van der Waals surface area contributed by atoms with Gasteiger partial charge in [-0.3, -0.25) is 14.5 Å².